The lowest BCUT2D eigenvalue weighted by Gasteiger charge is -2.43. The summed E-state index contributed by atoms with van der Waals surface area (Å²) in [7, 11) is 0. The molecule has 7 nitrogen and oxygen atoms in total. The Balaban J connectivity index is 2.41. The summed E-state index contributed by atoms with van der Waals surface area (Å²) in [6.45, 7) is 2.60. The fourth-order valence-electron chi connectivity index (χ4n) is 2.59. The minimum absolute atomic E-state index is 0.455. The molecule has 4 N–H and O–H groups in total. The first-order valence-corrected chi connectivity index (χ1v) is 9.60. The summed E-state index contributed by atoms with van der Waals surface area (Å²) in [6.07, 6.45) is -6.95. The maximum Gasteiger partial charge on any atom is 0.270 e. The number of hydrogen-bond acceptors (Lipinski definition) is 7. The number of pyridine rings is 1. The molecule has 9 heteroatoms. The lowest BCUT2D eigenvalue weighted by Crippen LogP contribution is -2.64. The number of aromatic nitrogens is 1. The maximum absolute atomic E-state index is 12.9. The summed E-state index contributed by atoms with van der Waals surface area (Å²) >= 11 is 7.29. The van der Waals surface area contributed by atoms with Crippen molar-refractivity contribution < 1.29 is 31.7 Å². The van der Waals surface area contributed by atoms with Crippen LogP contribution in [-0.2, 0) is 11.1 Å². The molecular formula is C17H25ClN2O5S. The molecule has 1 aliphatic heterocycles. The highest BCUT2D eigenvalue weighted by molar-refractivity contribution is 7.99. The molecule has 7 atom stereocenters. The first kappa shape index (κ1) is 15.1. The number of ether oxygens (including phenoxy) is 1. The zero-order chi connectivity index (χ0) is 23.8. The van der Waals surface area contributed by atoms with Gasteiger partial charge in [-0.15, -0.1) is 23.4 Å². The van der Waals surface area contributed by atoms with E-state index in [0.717, 1.165) is 18.7 Å². The summed E-state index contributed by atoms with van der Waals surface area (Å²) in [6, 6.07) is -2.34. The number of nitrogens with zero attached hydrogens (tertiary/aromatic N) is 1. The molecule has 0 aliphatic carbocycles. The molecule has 1 aliphatic rings. The van der Waals surface area contributed by atoms with Gasteiger partial charge in [0.1, 0.15) is 35.5 Å². The quantitative estimate of drug-likeness (QED) is 0.507. The van der Waals surface area contributed by atoms with Crippen molar-refractivity contribution in [3.8, 4) is 0 Å². The standard InChI is InChI=1S/C17H25ClN2O5S/c1-4-9-5-6-19-10(7-9)16(24)20-11(8(2)18)15-13(22)12(21)14(23)17(25-15)26-3/h5-8,11-15,17,21-23H,4H2,1-3H3,(H,20,24)/t8-,11-,12?,13?,14?,15?,17?/m1/s1/i4D2,5D,6D,7D. The van der Waals surface area contributed by atoms with Crippen molar-refractivity contribution in [2.45, 2.75) is 61.5 Å². The predicted octanol–water partition coefficient (Wildman–Crippen LogP) is 0.540. The van der Waals surface area contributed by atoms with Crippen LogP contribution in [0.1, 0.15) is 36.8 Å². The van der Waals surface area contributed by atoms with Crippen LogP contribution in [0.25, 0.3) is 0 Å². The number of hydrogen-bond donors (Lipinski definition) is 4. The second-order valence-corrected chi connectivity index (χ2v) is 7.42. The molecule has 5 unspecified atom stereocenters. The summed E-state index contributed by atoms with van der Waals surface area (Å²) < 4.78 is 45.1. The number of amides is 1. The van der Waals surface area contributed by atoms with Gasteiger partial charge >= 0.3 is 0 Å². The second-order valence-electron chi connectivity index (χ2n) is 5.80. The molecule has 0 bridgehead atoms. The van der Waals surface area contributed by atoms with E-state index in [9.17, 15) is 20.1 Å². The Kier molecular flexibility index (Phi) is 5.42. The SMILES string of the molecule is [2H]c1nc(C(=O)N[C@@H](C2OC(SC)C(O)C(O)C2O)[C@@H](C)Cl)c([2H])c(C([2H])([2H])C)c1[2H]. The normalized spacial score (nSPS) is 34.6. The molecule has 1 saturated heterocycles. The number of alkyl halides is 1. The lowest BCUT2D eigenvalue weighted by molar-refractivity contribution is -0.204. The molecule has 0 spiro atoms. The Hall–Kier alpha value is -0.900. The topological polar surface area (TPSA) is 112 Å². The summed E-state index contributed by atoms with van der Waals surface area (Å²) in [4.78, 5) is 16.5. The fraction of sp³-hybridized carbons (Fsp3) is 0.647. The van der Waals surface area contributed by atoms with Crippen LogP contribution in [0.15, 0.2) is 18.3 Å². The molecule has 2 rings (SSSR count). The van der Waals surface area contributed by atoms with Gasteiger partial charge in [0, 0.05) is 8.91 Å². The molecule has 1 aromatic rings. The Morgan fingerprint density at radius 1 is 1.50 bits per heavy atom. The second kappa shape index (κ2) is 9.34. The maximum atomic E-state index is 12.9. The van der Waals surface area contributed by atoms with Gasteiger partial charge in [-0.2, -0.15) is 0 Å². The van der Waals surface area contributed by atoms with E-state index >= 15 is 0 Å². The molecule has 1 fully saturated rings. The van der Waals surface area contributed by atoms with E-state index in [1.54, 1.807) is 6.26 Å². The van der Waals surface area contributed by atoms with Crippen LogP contribution in [0.5, 0.6) is 0 Å². The van der Waals surface area contributed by atoms with Gasteiger partial charge in [0.25, 0.3) is 5.91 Å². The Morgan fingerprint density at radius 2 is 2.19 bits per heavy atom. The molecule has 2 heterocycles. The molecule has 146 valence electrons. The molecule has 26 heavy (non-hydrogen) atoms. The average molecular weight is 410 g/mol. The highest BCUT2D eigenvalue weighted by Crippen LogP contribution is 2.30. The number of rotatable bonds is 6. The van der Waals surface area contributed by atoms with Gasteiger partial charge in [-0.1, -0.05) is 6.92 Å². The van der Waals surface area contributed by atoms with Crippen LogP contribution in [0.2, 0.25) is 0 Å². The minimum atomic E-state index is -2.17. The van der Waals surface area contributed by atoms with Crippen molar-refractivity contribution >= 4 is 29.3 Å². The van der Waals surface area contributed by atoms with Gasteiger partial charge in [0.05, 0.1) is 15.5 Å². The van der Waals surface area contributed by atoms with Crippen molar-refractivity contribution in [3.05, 3.63) is 29.5 Å². The average Bonchev–Trinajstić information content (AvgIpc) is 2.66. The minimum Gasteiger partial charge on any atom is -0.388 e. The summed E-state index contributed by atoms with van der Waals surface area (Å²) in [5, 5.41) is 32.2. The van der Waals surface area contributed by atoms with E-state index in [2.05, 4.69) is 10.3 Å². The number of aliphatic hydroxyl groups is 3. The molecule has 1 amide bonds. The van der Waals surface area contributed by atoms with E-state index < -0.39 is 83.1 Å². The van der Waals surface area contributed by atoms with Crippen molar-refractivity contribution in [1.29, 1.82) is 0 Å². The van der Waals surface area contributed by atoms with Crippen LogP contribution in [-0.4, -0.2) is 73.7 Å². The van der Waals surface area contributed by atoms with Gasteiger partial charge in [-0.3, -0.25) is 9.78 Å². The van der Waals surface area contributed by atoms with Crippen molar-refractivity contribution in [2.24, 2.45) is 0 Å². The van der Waals surface area contributed by atoms with Crippen molar-refractivity contribution in [1.82, 2.24) is 10.3 Å². The third kappa shape index (κ3) is 4.68. The molecular weight excluding hydrogens is 380 g/mol. The van der Waals surface area contributed by atoms with Crippen molar-refractivity contribution in [2.75, 3.05) is 6.26 Å². The zero-order valence-corrected chi connectivity index (χ0v) is 16.0. The Bertz CT molecular complexity index is 829. The third-order valence-electron chi connectivity index (χ3n) is 4.04. The van der Waals surface area contributed by atoms with E-state index in [4.69, 9.17) is 23.2 Å². The molecule has 1 aromatic heterocycles. The van der Waals surface area contributed by atoms with Gasteiger partial charge in [0.15, 0.2) is 0 Å². The smallest absolute Gasteiger partial charge is 0.270 e. The molecule has 0 aromatic carbocycles. The zero-order valence-electron chi connectivity index (χ0n) is 19.4. The van der Waals surface area contributed by atoms with Crippen molar-refractivity contribution in [3.63, 3.8) is 0 Å². The number of carbonyl (C=O) groups excluding carboxylic acids is 1. The van der Waals surface area contributed by atoms with Gasteiger partial charge in [-0.25, -0.2) is 0 Å². The largest absolute Gasteiger partial charge is 0.388 e. The van der Waals surface area contributed by atoms with Crippen LogP contribution in [0.4, 0.5) is 0 Å². The van der Waals surface area contributed by atoms with Gasteiger partial charge < -0.3 is 25.4 Å². The third-order valence-corrected chi connectivity index (χ3v) is 5.17. The summed E-state index contributed by atoms with van der Waals surface area (Å²) in [5.41, 5.74) is -1.94. The highest BCUT2D eigenvalue weighted by atomic mass is 35.5. The number of halogens is 1. The molecule has 0 saturated carbocycles. The van der Waals surface area contributed by atoms with E-state index in [1.165, 1.54) is 6.92 Å². The van der Waals surface area contributed by atoms with Crippen LogP contribution >= 0.6 is 23.4 Å². The van der Waals surface area contributed by atoms with Gasteiger partial charge in [0.2, 0.25) is 0 Å². The van der Waals surface area contributed by atoms with E-state index in [0.29, 0.717) is 0 Å². The fourth-order valence-corrected chi connectivity index (χ4v) is 3.48. The Morgan fingerprint density at radius 3 is 2.77 bits per heavy atom. The highest BCUT2D eigenvalue weighted by Gasteiger charge is 2.47. The van der Waals surface area contributed by atoms with Gasteiger partial charge in [-0.05, 0) is 37.2 Å². The van der Waals surface area contributed by atoms with Crippen LogP contribution < -0.4 is 5.32 Å². The number of thioether (sulfide) groups is 1. The van der Waals surface area contributed by atoms with Crippen LogP contribution in [0.3, 0.4) is 0 Å². The lowest BCUT2D eigenvalue weighted by atomic mass is 9.93. The number of nitrogens with one attached hydrogen (secondary N) is 1. The Labute approximate surface area is 169 Å². The van der Waals surface area contributed by atoms with Crippen LogP contribution in [0, 0.1) is 0 Å². The molecule has 0 radical (unpaired) electrons. The predicted molar refractivity (Wildman–Crippen MR) is 100 cm³/mol. The number of carbonyl (C=O) groups is 1. The first-order valence-electron chi connectivity index (χ1n) is 10.4. The number of aliphatic hydroxyl groups excluding tert-OH is 3. The summed E-state index contributed by atoms with van der Waals surface area (Å²) in [5.74, 6) is -0.987. The monoisotopic (exact) mass is 409 g/mol. The van der Waals surface area contributed by atoms with E-state index in [-0.39, 0.29) is 0 Å². The van der Waals surface area contributed by atoms with E-state index in [1.807, 2.05) is 0 Å². The first-order chi connectivity index (χ1) is 14.2.